The van der Waals surface area contributed by atoms with Crippen LogP contribution in [0.15, 0.2) is 24.4 Å². The summed E-state index contributed by atoms with van der Waals surface area (Å²) in [5, 5.41) is 4.63. The molecule has 0 spiro atoms. The molecule has 0 saturated heterocycles. The first-order chi connectivity index (χ1) is 8.69. The molecule has 0 aliphatic carbocycles. The molecule has 1 aromatic heterocycles. The summed E-state index contributed by atoms with van der Waals surface area (Å²) in [6, 6.07) is 6.81. The van der Waals surface area contributed by atoms with Gasteiger partial charge in [0.1, 0.15) is 5.75 Å². The maximum absolute atomic E-state index is 5.31. The number of fused-ring (bicyclic) bond motifs is 1. The molecule has 0 bridgehead atoms. The maximum Gasteiger partial charge on any atom is 0.120 e. The Kier molecular flexibility index (Phi) is 3.92. The molecule has 3 nitrogen and oxygen atoms in total. The lowest BCUT2D eigenvalue weighted by Gasteiger charge is -2.08. The van der Waals surface area contributed by atoms with Crippen LogP contribution in [0.3, 0.4) is 0 Å². The monoisotopic (exact) mass is 246 g/mol. The molecule has 0 saturated carbocycles. The van der Waals surface area contributed by atoms with Gasteiger partial charge in [-0.2, -0.15) is 0 Å². The third kappa shape index (κ3) is 2.36. The summed E-state index contributed by atoms with van der Waals surface area (Å²) >= 11 is 0. The van der Waals surface area contributed by atoms with Gasteiger partial charge in [0.15, 0.2) is 0 Å². The quantitative estimate of drug-likeness (QED) is 0.878. The molecule has 0 aliphatic heterocycles. The van der Waals surface area contributed by atoms with E-state index in [0.29, 0.717) is 6.04 Å². The minimum absolute atomic E-state index is 0.489. The number of methoxy groups -OCH3 is 1. The van der Waals surface area contributed by atoms with Gasteiger partial charge in [-0.05, 0) is 45.0 Å². The highest BCUT2D eigenvalue weighted by atomic mass is 16.5. The summed E-state index contributed by atoms with van der Waals surface area (Å²) in [5.74, 6) is 0.920. The number of benzene rings is 1. The molecule has 1 unspecified atom stereocenters. The summed E-state index contributed by atoms with van der Waals surface area (Å²) in [7, 11) is 3.72. The van der Waals surface area contributed by atoms with E-state index in [4.69, 9.17) is 4.74 Å². The predicted octanol–water partition coefficient (Wildman–Crippen LogP) is 2.82. The van der Waals surface area contributed by atoms with E-state index in [0.717, 1.165) is 18.7 Å². The van der Waals surface area contributed by atoms with Crippen LogP contribution in [0.1, 0.15) is 19.4 Å². The number of nitrogens with one attached hydrogen (secondary N) is 1. The Morgan fingerprint density at radius 2 is 2.17 bits per heavy atom. The zero-order valence-electron chi connectivity index (χ0n) is 11.7. The van der Waals surface area contributed by atoms with Crippen LogP contribution in [0.5, 0.6) is 5.75 Å². The van der Waals surface area contributed by atoms with Gasteiger partial charge in [-0.15, -0.1) is 0 Å². The lowest BCUT2D eigenvalue weighted by molar-refractivity contribution is 0.415. The molecular formula is C15H22N2O. The van der Waals surface area contributed by atoms with E-state index in [1.807, 2.05) is 13.1 Å². The summed E-state index contributed by atoms with van der Waals surface area (Å²) < 4.78 is 7.59. The number of rotatable bonds is 5. The highest BCUT2D eigenvalue weighted by Crippen LogP contribution is 2.26. The Balaban J connectivity index is 2.48. The van der Waals surface area contributed by atoms with E-state index in [9.17, 15) is 0 Å². The van der Waals surface area contributed by atoms with Gasteiger partial charge in [-0.3, -0.25) is 0 Å². The van der Waals surface area contributed by atoms with Gasteiger partial charge in [0, 0.05) is 30.2 Å². The van der Waals surface area contributed by atoms with Gasteiger partial charge >= 0.3 is 0 Å². The smallest absolute Gasteiger partial charge is 0.120 e. The second-order valence-electron chi connectivity index (χ2n) is 4.72. The van der Waals surface area contributed by atoms with Gasteiger partial charge in [0.25, 0.3) is 0 Å². The summed E-state index contributed by atoms with van der Waals surface area (Å²) in [5.41, 5.74) is 2.66. The van der Waals surface area contributed by atoms with Crippen molar-refractivity contribution in [1.29, 1.82) is 0 Å². The van der Waals surface area contributed by atoms with Crippen molar-refractivity contribution >= 4 is 10.9 Å². The lowest BCUT2D eigenvalue weighted by atomic mass is 10.1. The number of hydrogen-bond acceptors (Lipinski definition) is 2. The number of hydrogen-bond donors (Lipinski definition) is 1. The van der Waals surface area contributed by atoms with Crippen molar-refractivity contribution < 1.29 is 4.74 Å². The first kappa shape index (κ1) is 13.0. The maximum atomic E-state index is 5.31. The van der Waals surface area contributed by atoms with Crippen LogP contribution in [0.25, 0.3) is 10.9 Å². The fourth-order valence-electron chi connectivity index (χ4n) is 2.33. The van der Waals surface area contributed by atoms with Crippen LogP contribution in [0, 0.1) is 0 Å². The van der Waals surface area contributed by atoms with Crippen LogP contribution < -0.4 is 10.1 Å². The van der Waals surface area contributed by atoms with Gasteiger partial charge in [0.2, 0.25) is 0 Å². The fourth-order valence-corrected chi connectivity index (χ4v) is 2.33. The van der Waals surface area contributed by atoms with Crippen molar-refractivity contribution in [3.8, 4) is 5.75 Å². The molecule has 1 heterocycles. The molecule has 0 fully saturated rings. The van der Waals surface area contributed by atoms with Gasteiger partial charge < -0.3 is 14.6 Å². The van der Waals surface area contributed by atoms with E-state index < -0.39 is 0 Å². The van der Waals surface area contributed by atoms with Crippen molar-refractivity contribution in [3.63, 3.8) is 0 Å². The summed E-state index contributed by atoms with van der Waals surface area (Å²) in [4.78, 5) is 0. The first-order valence-corrected chi connectivity index (χ1v) is 6.52. The average molecular weight is 246 g/mol. The largest absolute Gasteiger partial charge is 0.497 e. The minimum Gasteiger partial charge on any atom is -0.497 e. The molecule has 1 N–H and O–H groups in total. The number of nitrogens with zero attached hydrogens (tertiary/aromatic N) is 1. The Hall–Kier alpha value is -1.48. The van der Waals surface area contributed by atoms with E-state index >= 15 is 0 Å². The van der Waals surface area contributed by atoms with Crippen LogP contribution in [0.4, 0.5) is 0 Å². The zero-order chi connectivity index (χ0) is 13.1. The highest BCUT2D eigenvalue weighted by molar-refractivity contribution is 5.85. The van der Waals surface area contributed by atoms with E-state index in [-0.39, 0.29) is 0 Å². The highest BCUT2D eigenvalue weighted by Gasteiger charge is 2.10. The van der Waals surface area contributed by atoms with Crippen molar-refractivity contribution in [3.05, 3.63) is 30.0 Å². The average Bonchev–Trinajstić information content (AvgIpc) is 2.75. The molecule has 2 rings (SSSR count). The second-order valence-corrected chi connectivity index (χ2v) is 4.72. The number of likely N-dealkylation sites (N-methyl/N-ethyl adjacent to an activating group) is 1. The third-order valence-corrected chi connectivity index (χ3v) is 3.53. The molecule has 2 aromatic rings. The Labute approximate surface area is 109 Å². The van der Waals surface area contributed by atoms with Crippen molar-refractivity contribution in [1.82, 2.24) is 9.88 Å². The molecule has 1 aromatic carbocycles. The minimum atomic E-state index is 0.489. The topological polar surface area (TPSA) is 26.2 Å². The normalized spacial score (nSPS) is 12.9. The molecule has 18 heavy (non-hydrogen) atoms. The summed E-state index contributed by atoms with van der Waals surface area (Å²) in [6.07, 6.45) is 3.31. The molecule has 98 valence electrons. The number of ether oxygens (including phenoxy) is 1. The molecule has 0 aliphatic rings. The molecule has 3 heteroatoms. The first-order valence-electron chi connectivity index (χ1n) is 6.52. The Bertz CT molecular complexity index is 531. The van der Waals surface area contributed by atoms with Crippen molar-refractivity contribution in [2.24, 2.45) is 0 Å². The van der Waals surface area contributed by atoms with E-state index in [1.165, 1.54) is 16.5 Å². The molecular weight excluding hydrogens is 224 g/mol. The second kappa shape index (κ2) is 5.44. The van der Waals surface area contributed by atoms with Crippen LogP contribution in [-0.4, -0.2) is 24.8 Å². The van der Waals surface area contributed by atoms with Gasteiger partial charge in [-0.25, -0.2) is 0 Å². The number of aromatic nitrogens is 1. The van der Waals surface area contributed by atoms with Gasteiger partial charge in [0.05, 0.1) is 12.6 Å². The Morgan fingerprint density at radius 1 is 1.39 bits per heavy atom. The molecule has 1 atom stereocenters. The number of aryl methyl sites for hydroxylation is 1. The van der Waals surface area contributed by atoms with Crippen LogP contribution in [-0.2, 0) is 13.0 Å². The van der Waals surface area contributed by atoms with Crippen LogP contribution >= 0.6 is 0 Å². The Morgan fingerprint density at radius 3 is 2.78 bits per heavy atom. The SMILES string of the molecule is CCn1cc(CC(C)NC)c2ccc(OC)cc21. The third-order valence-electron chi connectivity index (χ3n) is 3.53. The van der Waals surface area contributed by atoms with E-state index in [1.54, 1.807) is 7.11 Å². The molecule has 0 amide bonds. The van der Waals surface area contributed by atoms with Crippen molar-refractivity contribution in [2.75, 3.05) is 14.2 Å². The van der Waals surface area contributed by atoms with Gasteiger partial charge in [-0.1, -0.05) is 0 Å². The predicted molar refractivity (Wildman–Crippen MR) is 76.4 cm³/mol. The standard InChI is InChI=1S/C15H22N2O/c1-5-17-10-12(8-11(2)16-3)14-7-6-13(18-4)9-15(14)17/h6-7,9-11,16H,5,8H2,1-4H3. The fraction of sp³-hybridized carbons (Fsp3) is 0.467. The molecule has 0 radical (unpaired) electrons. The van der Waals surface area contributed by atoms with Crippen LogP contribution in [0.2, 0.25) is 0 Å². The summed E-state index contributed by atoms with van der Waals surface area (Å²) in [6.45, 7) is 5.36. The van der Waals surface area contributed by atoms with E-state index in [2.05, 4.69) is 42.1 Å². The zero-order valence-corrected chi connectivity index (χ0v) is 11.7. The van der Waals surface area contributed by atoms with Crippen molar-refractivity contribution in [2.45, 2.75) is 32.9 Å². The lowest BCUT2D eigenvalue weighted by Crippen LogP contribution is -2.23.